The zero-order valence-corrected chi connectivity index (χ0v) is 11.6. The van der Waals surface area contributed by atoms with E-state index in [4.69, 9.17) is 5.11 Å². The van der Waals surface area contributed by atoms with E-state index in [0.29, 0.717) is 5.92 Å². The lowest BCUT2D eigenvalue weighted by Gasteiger charge is -2.32. The number of nitrogens with one attached hydrogen (secondary N) is 1. The molecule has 0 radical (unpaired) electrons. The number of likely N-dealkylation sites (tertiary alicyclic amines) is 1. The molecule has 1 saturated heterocycles. The molecule has 1 aliphatic rings. The normalized spacial score (nSPS) is 17.8. The minimum Gasteiger partial charge on any atom is -0.481 e. The van der Waals surface area contributed by atoms with Gasteiger partial charge in [-0.15, -0.1) is 6.58 Å². The van der Waals surface area contributed by atoms with Crippen LogP contribution in [0.25, 0.3) is 0 Å². The Hall–Kier alpha value is -1.52. The van der Waals surface area contributed by atoms with Gasteiger partial charge in [-0.1, -0.05) is 6.08 Å². The van der Waals surface area contributed by atoms with Crippen molar-refractivity contribution < 1.29 is 14.7 Å². The Morgan fingerprint density at radius 1 is 1.47 bits per heavy atom. The van der Waals surface area contributed by atoms with Crippen LogP contribution in [0, 0.1) is 5.92 Å². The summed E-state index contributed by atoms with van der Waals surface area (Å²) in [5.41, 5.74) is 0. The topological polar surface area (TPSA) is 69.6 Å². The number of hydrogen-bond acceptors (Lipinski definition) is 2. The van der Waals surface area contributed by atoms with Gasteiger partial charge in [0.15, 0.2) is 0 Å². The maximum atomic E-state index is 11.9. The molecule has 1 fully saturated rings. The van der Waals surface area contributed by atoms with Crippen molar-refractivity contribution in [2.75, 3.05) is 13.1 Å². The monoisotopic (exact) mass is 268 g/mol. The second-order valence-electron chi connectivity index (χ2n) is 5.24. The second kappa shape index (κ2) is 7.81. The fourth-order valence-corrected chi connectivity index (χ4v) is 2.36. The van der Waals surface area contributed by atoms with Gasteiger partial charge in [-0.3, -0.25) is 4.79 Å². The highest BCUT2D eigenvalue weighted by atomic mass is 16.4. The van der Waals surface area contributed by atoms with E-state index in [0.717, 1.165) is 38.8 Å². The molecule has 0 spiro atoms. The molecule has 0 aromatic heterocycles. The highest BCUT2D eigenvalue weighted by Gasteiger charge is 2.23. The molecular formula is C14H24N2O3. The van der Waals surface area contributed by atoms with Gasteiger partial charge in [0.2, 0.25) is 0 Å². The standard InChI is InChI=1S/C14H24N2O3/c1-3-4-11(2)15-14(19)16-9-7-12(8-10-16)5-6-13(17)18/h3,11-12H,1,4-10H2,2H3,(H,15,19)(H,17,18). The summed E-state index contributed by atoms with van der Waals surface area (Å²) in [7, 11) is 0. The maximum Gasteiger partial charge on any atom is 0.317 e. The van der Waals surface area contributed by atoms with Crippen LogP contribution in [-0.2, 0) is 4.79 Å². The lowest BCUT2D eigenvalue weighted by Crippen LogP contribution is -2.47. The van der Waals surface area contributed by atoms with E-state index >= 15 is 0 Å². The fraction of sp³-hybridized carbons (Fsp3) is 0.714. The molecule has 1 heterocycles. The van der Waals surface area contributed by atoms with Crippen molar-refractivity contribution in [2.45, 2.75) is 45.1 Å². The molecule has 0 saturated carbocycles. The number of hydrogen-bond donors (Lipinski definition) is 2. The number of rotatable bonds is 6. The SMILES string of the molecule is C=CCC(C)NC(=O)N1CCC(CCC(=O)O)CC1. The summed E-state index contributed by atoms with van der Waals surface area (Å²) in [5, 5.41) is 11.6. The first-order chi connectivity index (χ1) is 9.02. The van der Waals surface area contributed by atoms with Crippen LogP contribution in [0.15, 0.2) is 12.7 Å². The van der Waals surface area contributed by atoms with Gasteiger partial charge in [0, 0.05) is 25.6 Å². The van der Waals surface area contributed by atoms with Gasteiger partial charge in [-0.05, 0) is 38.5 Å². The van der Waals surface area contributed by atoms with E-state index in [1.165, 1.54) is 0 Å². The molecule has 0 aromatic carbocycles. The van der Waals surface area contributed by atoms with Gasteiger partial charge in [0.1, 0.15) is 0 Å². The summed E-state index contributed by atoms with van der Waals surface area (Å²) in [6.07, 6.45) is 5.31. The van der Waals surface area contributed by atoms with Gasteiger partial charge < -0.3 is 15.3 Å². The van der Waals surface area contributed by atoms with E-state index < -0.39 is 5.97 Å². The lowest BCUT2D eigenvalue weighted by atomic mass is 9.92. The van der Waals surface area contributed by atoms with E-state index in [2.05, 4.69) is 11.9 Å². The van der Waals surface area contributed by atoms with Gasteiger partial charge in [0.25, 0.3) is 0 Å². The third-order valence-corrected chi connectivity index (χ3v) is 3.56. The quantitative estimate of drug-likeness (QED) is 0.726. The van der Waals surface area contributed by atoms with Gasteiger partial charge in [0.05, 0.1) is 0 Å². The number of carboxylic acids is 1. The lowest BCUT2D eigenvalue weighted by molar-refractivity contribution is -0.137. The van der Waals surface area contributed by atoms with Gasteiger partial charge in [-0.2, -0.15) is 0 Å². The largest absolute Gasteiger partial charge is 0.481 e. The first-order valence-corrected chi connectivity index (χ1v) is 6.91. The summed E-state index contributed by atoms with van der Waals surface area (Å²) >= 11 is 0. The summed E-state index contributed by atoms with van der Waals surface area (Å²) < 4.78 is 0. The van der Waals surface area contributed by atoms with Crippen molar-refractivity contribution in [1.29, 1.82) is 0 Å². The molecule has 0 aromatic rings. The zero-order valence-electron chi connectivity index (χ0n) is 11.6. The number of urea groups is 1. The number of carboxylic acid groups (broad SMARTS) is 1. The number of carbonyl (C=O) groups excluding carboxylic acids is 1. The second-order valence-corrected chi connectivity index (χ2v) is 5.24. The van der Waals surface area contributed by atoms with Crippen LogP contribution >= 0.6 is 0 Å². The number of piperidine rings is 1. The van der Waals surface area contributed by atoms with Crippen LogP contribution in [0.3, 0.4) is 0 Å². The van der Waals surface area contributed by atoms with Crippen molar-refractivity contribution >= 4 is 12.0 Å². The van der Waals surface area contributed by atoms with Crippen LogP contribution < -0.4 is 5.32 Å². The van der Waals surface area contributed by atoms with Crippen molar-refractivity contribution in [1.82, 2.24) is 10.2 Å². The summed E-state index contributed by atoms with van der Waals surface area (Å²) in [6.45, 7) is 7.05. The smallest absolute Gasteiger partial charge is 0.317 e. The molecule has 5 nitrogen and oxygen atoms in total. The third kappa shape index (κ3) is 5.77. The van der Waals surface area contributed by atoms with Gasteiger partial charge >= 0.3 is 12.0 Å². The maximum absolute atomic E-state index is 11.9. The minimum absolute atomic E-state index is 0.0222. The Balaban J connectivity index is 2.26. The predicted molar refractivity (Wildman–Crippen MR) is 74.0 cm³/mol. The van der Waals surface area contributed by atoms with E-state index in [1.807, 2.05) is 11.8 Å². The molecule has 1 atom stereocenters. The van der Waals surface area contributed by atoms with Gasteiger partial charge in [-0.25, -0.2) is 4.79 Å². The minimum atomic E-state index is -0.738. The average molecular weight is 268 g/mol. The Kier molecular flexibility index (Phi) is 6.39. The van der Waals surface area contributed by atoms with Crippen molar-refractivity contribution in [3.8, 4) is 0 Å². The molecule has 2 amide bonds. The molecule has 19 heavy (non-hydrogen) atoms. The Morgan fingerprint density at radius 2 is 2.11 bits per heavy atom. The molecule has 0 bridgehead atoms. The highest BCUT2D eigenvalue weighted by Crippen LogP contribution is 2.21. The van der Waals surface area contributed by atoms with E-state index in [1.54, 1.807) is 6.08 Å². The first kappa shape index (κ1) is 15.5. The summed E-state index contributed by atoms with van der Waals surface area (Å²) in [5.74, 6) is -0.302. The molecule has 2 N–H and O–H groups in total. The zero-order chi connectivity index (χ0) is 14.3. The Morgan fingerprint density at radius 3 is 2.63 bits per heavy atom. The third-order valence-electron chi connectivity index (χ3n) is 3.56. The number of amides is 2. The van der Waals surface area contributed by atoms with Crippen LogP contribution in [0.4, 0.5) is 4.79 Å². The average Bonchev–Trinajstić information content (AvgIpc) is 2.37. The fourth-order valence-electron chi connectivity index (χ4n) is 2.36. The number of aliphatic carboxylic acids is 1. The molecular weight excluding hydrogens is 244 g/mol. The van der Waals surface area contributed by atoms with Crippen LogP contribution in [-0.4, -0.2) is 41.1 Å². The Labute approximate surface area is 114 Å². The first-order valence-electron chi connectivity index (χ1n) is 6.91. The Bertz CT molecular complexity index is 323. The summed E-state index contributed by atoms with van der Waals surface area (Å²) in [4.78, 5) is 24.3. The summed E-state index contributed by atoms with van der Waals surface area (Å²) in [6, 6.07) is 0.0840. The number of nitrogens with zero attached hydrogens (tertiary/aromatic N) is 1. The van der Waals surface area contributed by atoms with Crippen LogP contribution in [0.2, 0.25) is 0 Å². The molecule has 1 rings (SSSR count). The van der Waals surface area contributed by atoms with E-state index in [-0.39, 0.29) is 18.5 Å². The number of carbonyl (C=O) groups is 2. The van der Waals surface area contributed by atoms with Crippen LogP contribution in [0.1, 0.15) is 39.0 Å². The van der Waals surface area contributed by atoms with Crippen molar-refractivity contribution in [3.63, 3.8) is 0 Å². The molecule has 1 aliphatic heterocycles. The molecule has 108 valence electrons. The molecule has 1 unspecified atom stereocenters. The van der Waals surface area contributed by atoms with E-state index in [9.17, 15) is 9.59 Å². The molecule has 5 heteroatoms. The highest BCUT2D eigenvalue weighted by molar-refractivity contribution is 5.74. The van der Waals surface area contributed by atoms with Crippen LogP contribution in [0.5, 0.6) is 0 Å². The molecule has 0 aliphatic carbocycles. The van der Waals surface area contributed by atoms with Crippen molar-refractivity contribution in [2.24, 2.45) is 5.92 Å². The predicted octanol–water partition coefficient (Wildman–Crippen LogP) is 2.24. The van der Waals surface area contributed by atoms with Crippen molar-refractivity contribution in [3.05, 3.63) is 12.7 Å².